The Labute approximate surface area is 117 Å². The molecule has 0 bridgehead atoms. The summed E-state index contributed by atoms with van der Waals surface area (Å²) in [6, 6.07) is 10.1. The summed E-state index contributed by atoms with van der Waals surface area (Å²) in [6.07, 6.45) is 3.38. The lowest BCUT2D eigenvalue weighted by atomic mass is 10.1. The van der Waals surface area contributed by atoms with Crippen LogP contribution in [0.5, 0.6) is 0 Å². The number of ketones is 1. The van der Waals surface area contributed by atoms with Crippen LogP contribution < -0.4 is 10.6 Å². The van der Waals surface area contributed by atoms with E-state index in [1.165, 1.54) is 6.92 Å². The van der Waals surface area contributed by atoms with Gasteiger partial charge in [0.05, 0.1) is 0 Å². The number of nitrogens with zero attached hydrogens (tertiary/aromatic N) is 1. The fourth-order valence-corrected chi connectivity index (χ4v) is 1.65. The van der Waals surface area contributed by atoms with Crippen molar-refractivity contribution in [2.45, 2.75) is 13.5 Å². The first kappa shape index (κ1) is 13.7. The van der Waals surface area contributed by atoms with Gasteiger partial charge in [0.15, 0.2) is 5.78 Å². The van der Waals surface area contributed by atoms with E-state index >= 15 is 0 Å². The third-order valence-corrected chi connectivity index (χ3v) is 2.73. The zero-order valence-corrected chi connectivity index (χ0v) is 11.1. The number of carbonyl (C=O) groups excluding carboxylic acids is 2. The Bertz CT molecular complexity index is 594. The summed E-state index contributed by atoms with van der Waals surface area (Å²) in [5, 5.41) is 5.42. The molecular formula is C15H15N3O2. The third kappa shape index (κ3) is 3.91. The molecular weight excluding hydrogens is 254 g/mol. The summed E-state index contributed by atoms with van der Waals surface area (Å²) < 4.78 is 0. The second kappa shape index (κ2) is 6.47. The van der Waals surface area contributed by atoms with Gasteiger partial charge in [-0.05, 0) is 42.8 Å². The van der Waals surface area contributed by atoms with Gasteiger partial charge in [-0.15, -0.1) is 0 Å². The summed E-state index contributed by atoms with van der Waals surface area (Å²) in [6.45, 7) is 1.91. The van der Waals surface area contributed by atoms with Gasteiger partial charge in [-0.3, -0.25) is 9.78 Å². The molecule has 0 saturated heterocycles. The molecule has 0 unspecified atom stereocenters. The number of urea groups is 1. The number of rotatable bonds is 4. The second-order valence-corrected chi connectivity index (χ2v) is 4.30. The fraction of sp³-hybridized carbons (Fsp3) is 0.133. The normalized spacial score (nSPS) is 9.85. The number of anilines is 1. The van der Waals surface area contributed by atoms with Crippen molar-refractivity contribution in [3.8, 4) is 0 Å². The minimum atomic E-state index is -0.301. The summed E-state index contributed by atoms with van der Waals surface area (Å²) in [5.41, 5.74) is 2.18. The molecule has 5 nitrogen and oxygen atoms in total. The van der Waals surface area contributed by atoms with Crippen molar-refractivity contribution >= 4 is 17.5 Å². The Hall–Kier alpha value is -2.69. The molecule has 0 aliphatic carbocycles. The van der Waals surface area contributed by atoms with Crippen molar-refractivity contribution in [2.75, 3.05) is 5.32 Å². The molecule has 102 valence electrons. The summed E-state index contributed by atoms with van der Waals surface area (Å²) in [7, 11) is 0. The Morgan fingerprint density at radius 2 is 1.90 bits per heavy atom. The van der Waals surface area contributed by atoms with E-state index in [-0.39, 0.29) is 11.8 Å². The van der Waals surface area contributed by atoms with Crippen LogP contribution in [0.3, 0.4) is 0 Å². The predicted octanol–water partition coefficient (Wildman–Crippen LogP) is 2.61. The lowest BCUT2D eigenvalue weighted by molar-refractivity contribution is 0.101. The first-order valence-electron chi connectivity index (χ1n) is 6.20. The molecule has 0 spiro atoms. The zero-order chi connectivity index (χ0) is 14.4. The fourth-order valence-electron chi connectivity index (χ4n) is 1.65. The monoisotopic (exact) mass is 269 g/mol. The van der Waals surface area contributed by atoms with Gasteiger partial charge < -0.3 is 10.6 Å². The molecule has 2 N–H and O–H groups in total. The molecule has 0 fully saturated rings. The van der Waals surface area contributed by atoms with E-state index in [2.05, 4.69) is 15.6 Å². The lowest BCUT2D eigenvalue weighted by Gasteiger charge is -2.07. The van der Waals surface area contributed by atoms with Gasteiger partial charge in [0.2, 0.25) is 0 Å². The summed E-state index contributed by atoms with van der Waals surface area (Å²) in [5.74, 6) is -0.00224. The number of aromatic nitrogens is 1. The number of nitrogens with one attached hydrogen (secondary N) is 2. The van der Waals surface area contributed by atoms with Crippen LogP contribution in [0, 0.1) is 0 Å². The largest absolute Gasteiger partial charge is 0.334 e. The predicted molar refractivity (Wildman–Crippen MR) is 76.5 cm³/mol. The van der Waals surface area contributed by atoms with Crippen LogP contribution in [0.15, 0.2) is 48.8 Å². The molecule has 5 heteroatoms. The van der Waals surface area contributed by atoms with E-state index in [1.807, 2.05) is 12.1 Å². The molecule has 0 aliphatic rings. The van der Waals surface area contributed by atoms with E-state index in [1.54, 1.807) is 36.7 Å². The molecule has 2 rings (SSSR count). The second-order valence-electron chi connectivity index (χ2n) is 4.30. The van der Waals surface area contributed by atoms with Gasteiger partial charge in [0, 0.05) is 30.2 Å². The highest BCUT2D eigenvalue weighted by molar-refractivity contribution is 5.95. The van der Waals surface area contributed by atoms with Gasteiger partial charge in [-0.2, -0.15) is 0 Å². The van der Waals surface area contributed by atoms with Gasteiger partial charge >= 0.3 is 6.03 Å². The van der Waals surface area contributed by atoms with Crippen LogP contribution >= 0.6 is 0 Å². The number of hydrogen-bond acceptors (Lipinski definition) is 3. The standard InChI is InChI=1S/C15H15N3O2/c1-11(19)13-4-6-14(7-5-13)18-15(20)17-10-12-3-2-8-16-9-12/h2-9H,10H2,1H3,(H2,17,18,20). The van der Waals surface area contributed by atoms with Crippen molar-refractivity contribution in [3.63, 3.8) is 0 Å². The SMILES string of the molecule is CC(=O)c1ccc(NC(=O)NCc2cccnc2)cc1. The average molecular weight is 269 g/mol. The maximum absolute atomic E-state index is 11.7. The maximum Gasteiger partial charge on any atom is 0.319 e. The van der Waals surface area contributed by atoms with E-state index in [9.17, 15) is 9.59 Å². The Balaban J connectivity index is 1.86. The van der Waals surface area contributed by atoms with Gasteiger partial charge in [-0.25, -0.2) is 4.79 Å². The Morgan fingerprint density at radius 3 is 2.50 bits per heavy atom. The molecule has 0 radical (unpaired) electrons. The Kier molecular flexibility index (Phi) is 4.44. The van der Waals surface area contributed by atoms with E-state index in [0.717, 1.165) is 5.56 Å². The number of carbonyl (C=O) groups is 2. The molecule has 0 atom stereocenters. The van der Waals surface area contributed by atoms with Crippen molar-refractivity contribution in [1.29, 1.82) is 0 Å². The van der Waals surface area contributed by atoms with E-state index in [0.29, 0.717) is 17.8 Å². The van der Waals surface area contributed by atoms with Gasteiger partial charge in [0.1, 0.15) is 0 Å². The highest BCUT2D eigenvalue weighted by Gasteiger charge is 2.03. The molecule has 0 saturated carbocycles. The minimum absolute atomic E-state index is 0.00224. The molecule has 1 heterocycles. The third-order valence-electron chi connectivity index (χ3n) is 2.73. The van der Waals surface area contributed by atoms with Crippen LogP contribution in [0.1, 0.15) is 22.8 Å². The van der Waals surface area contributed by atoms with Gasteiger partial charge in [0.25, 0.3) is 0 Å². The number of benzene rings is 1. The van der Waals surface area contributed by atoms with Crippen LogP contribution in [0.25, 0.3) is 0 Å². The number of Topliss-reactive ketones (excluding diaryl/α,β-unsaturated/α-hetero) is 1. The number of hydrogen-bond donors (Lipinski definition) is 2. The molecule has 2 amide bonds. The number of amides is 2. The van der Waals surface area contributed by atoms with Crippen molar-refractivity contribution in [2.24, 2.45) is 0 Å². The topological polar surface area (TPSA) is 71.1 Å². The average Bonchev–Trinajstić information content (AvgIpc) is 2.47. The van der Waals surface area contributed by atoms with Crippen LogP contribution in [0.4, 0.5) is 10.5 Å². The number of pyridine rings is 1. The van der Waals surface area contributed by atoms with Crippen molar-refractivity contribution in [3.05, 3.63) is 59.9 Å². The zero-order valence-electron chi connectivity index (χ0n) is 11.1. The highest BCUT2D eigenvalue weighted by Crippen LogP contribution is 2.09. The lowest BCUT2D eigenvalue weighted by Crippen LogP contribution is -2.28. The molecule has 1 aromatic heterocycles. The molecule has 20 heavy (non-hydrogen) atoms. The maximum atomic E-state index is 11.7. The van der Waals surface area contributed by atoms with Crippen LogP contribution in [-0.4, -0.2) is 16.8 Å². The van der Waals surface area contributed by atoms with E-state index in [4.69, 9.17) is 0 Å². The molecule has 2 aromatic rings. The minimum Gasteiger partial charge on any atom is -0.334 e. The van der Waals surface area contributed by atoms with Crippen LogP contribution in [-0.2, 0) is 6.54 Å². The quantitative estimate of drug-likeness (QED) is 0.838. The first-order valence-corrected chi connectivity index (χ1v) is 6.20. The molecule has 0 aliphatic heterocycles. The summed E-state index contributed by atoms with van der Waals surface area (Å²) in [4.78, 5) is 26.8. The Morgan fingerprint density at radius 1 is 1.15 bits per heavy atom. The van der Waals surface area contributed by atoms with E-state index < -0.39 is 0 Å². The smallest absolute Gasteiger partial charge is 0.319 e. The highest BCUT2D eigenvalue weighted by atomic mass is 16.2. The van der Waals surface area contributed by atoms with Crippen molar-refractivity contribution in [1.82, 2.24) is 10.3 Å². The summed E-state index contributed by atoms with van der Waals surface area (Å²) >= 11 is 0. The van der Waals surface area contributed by atoms with Gasteiger partial charge in [-0.1, -0.05) is 6.07 Å². The first-order chi connectivity index (χ1) is 9.65. The molecule has 1 aromatic carbocycles. The van der Waals surface area contributed by atoms with Crippen LogP contribution in [0.2, 0.25) is 0 Å². The van der Waals surface area contributed by atoms with Crippen molar-refractivity contribution < 1.29 is 9.59 Å².